The number of hydrogen-bond acceptors (Lipinski definition) is 6. The Labute approximate surface area is 187 Å². The number of nitrogens with one attached hydrogen (secondary N) is 2. The molecule has 10 heteroatoms. The number of amides is 1. The van der Waals surface area contributed by atoms with Crippen molar-refractivity contribution in [2.24, 2.45) is 0 Å². The Hall–Kier alpha value is -3.69. The van der Waals surface area contributed by atoms with E-state index < -0.39 is 10.8 Å². The van der Waals surface area contributed by atoms with Crippen LogP contribution in [0.5, 0.6) is 5.75 Å². The average Bonchev–Trinajstić information content (AvgIpc) is 3.19. The highest BCUT2D eigenvalue weighted by molar-refractivity contribution is 7.80. The molecule has 0 bridgehead atoms. The number of halogens is 1. The molecule has 3 N–H and O–H groups in total. The Balaban J connectivity index is 1.61. The van der Waals surface area contributed by atoms with E-state index in [1.165, 1.54) is 12.2 Å². The summed E-state index contributed by atoms with van der Waals surface area (Å²) in [5, 5.41) is 26.0. The monoisotopic (exact) mass is 457 g/mol. The Morgan fingerprint density at radius 1 is 1.23 bits per heavy atom. The molecule has 0 spiro atoms. The number of non-ortho nitro benzene ring substituents is 1. The summed E-state index contributed by atoms with van der Waals surface area (Å²) in [5.41, 5.74) is 1.52. The molecule has 0 unspecified atom stereocenters. The highest BCUT2D eigenvalue weighted by Gasteiger charge is 2.12. The third-order valence-electron chi connectivity index (χ3n) is 4.16. The van der Waals surface area contributed by atoms with Gasteiger partial charge in [-0.1, -0.05) is 23.7 Å². The van der Waals surface area contributed by atoms with Crippen LogP contribution in [-0.4, -0.2) is 21.0 Å². The van der Waals surface area contributed by atoms with Gasteiger partial charge >= 0.3 is 0 Å². The van der Waals surface area contributed by atoms with Gasteiger partial charge in [0, 0.05) is 28.8 Å². The normalized spacial score (nSPS) is 10.8. The van der Waals surface area contributed by atoms with Crippen molar-refractivity contribution in [3.63, 3.8) is 0 Å². The summed E-state index contributed by atoms with van der Waals surface area (Å²) in [6.45, 7) is 1.90. The molecule has 3 rings (SSSR count). The number of carbonyl (C=O) groups is 1. The number of nitrogens with zero attached hydrogens (tertiary/aromatic N) is 1. The number of thiocarbonyl (C=S) groups is 1. The first-order chi connectivity index (χ1) is 14.7. The summed E-state index contributed by atoms with van der Waals surface area (Å²) in [4.78, 5) is 22.3. The van der Waals surface area contributed by atoms with E-state index in [0.29, 0.717) is 16.5 Å². The number of nitro benzene ring substituents is 1. The van der Waals surface area contributed by atoms with Crippen LogP contribution in [0.4, 0.5) is 11.4 Å². The second-order valence-electron chi connectivity index (χ2n) is 6.40. The minimum atomic E-state index is -0.614. The number of rotatable bonds is 5. The van der Waals surface area contributed by atoms with Crippen molar-refractivity contribution >= 4 is 52.3 Å². The Morgan fingerprint density at radius 3 is 2.71 bits per heavy atom. The maximum Gasteiger partial charge on any atom is 0.271 e. The molecular weight excluding hydrogens is 442 g/mol. The zero-order chi connectivity index (χ0) is 22.5. The molecule has 8 nitrogen and oxygen atoms in total. The fourth-order valence-electron chi connectivity index (χ4n) is 2.55. The Morgan fingerprint density at radius 2 is 2.00 bits per heavy atom. The van der Waals surface area contributed by atoms with Crippen molar-refractivity contribution in [3.05, 3.63) is 81.1 Å². The first kappa shape index (κ1) is 22.0. The van der Waals surface area contributed by atoms with Gasteiger partial charge in [0.05, 0.1) is 10.6 Å². The number of nitro groups is 1. The highest BCUT2D eigenvalue weighted by Crippen LogP contribution is 2.28. The maximum absolute atomic E-state index is 12.1. The van der Waals surface area contributed by atoms with Crippen LogP contribution in [-0.2, 0) is 4.79 Å². The molecule has 1 aromatic heterocycles. The minimum Gasteiger partial charge on any atom is -0.506 e. The van der Waals surface area contributed by atoms with Crippen LogP contribution in [0.25, 0.3) is 17.4 Å². The lowest BCUT2D eigenvalue weighted by atomic mass is 10.1. The third kappa shape index (κ3) is 5.68. The number of hydrogen-bond donors (Lipinski definition) is 3. The summed E-state index contributed by atoms with van der Waals surface area (Å²) in [7, 11) is 0. The van der Waals surface area contributed by atoms with E-state index in [0.717, 1.165) is 29.3 Å². The lowest BCUT2D eigenvalue weighted by Crippen LogP contribution is -2.32. The number of phenols is 1. The molecule has 2 aromatic carbocycles. The number of anilines is 1. The van der Waals surface area contributed by atoms with Gasteiger partial charge in [0.25, 0.3) is 5.69 Å². The molecule has 1 amide bonds. The Bertz CT molecular complexity index is 1210. The first-order valence-electron chi connectivity index (χ1n) is 8.87. The van der Waals surface area contributed by atoms with Crippen molar-refractivity contribution in [3.8, 4) is 17.1 Å². The zero-order valence-electron chi connectivity index (χ0n) is 16.1. The smallest absolute Gasteiger partial charge is 0.271 e. The molecule has 31 heavy (non-hydrogen) atoms. The van der Waals surface area contributed by atoms with Gasteiger partial charge in [0.1, 0.15) is 17.3 Å². The van der Waals surface area contributed by atoms with Crippen molar-refractivity contribution in [2.45, 2.75) is 6.92 Å². The number of aromatic hydroxyl groups is 1. The van der Waals surface area contributed by atoms with Crippen LogP contribution in [0.3, 0.4) is 0 Å². The van der Waals surface area contributed by atoms with Crippen LogP contribution in [0.2, 0.25) is 5.02 Å². The molecule has 0 saturated heterocycles. The van der Waals surface area contributed by atoms with Crippen LogP contribution in [0.1, 0.15) is 11.3 Å². The first-order valence-corrected chi connectivity index (χ1v) is 9.65. The predicted molar refractivity (Wildman–Crippen MR) is 122 cm³/mol. The van der Waals surface area contributed by atoms with Crippen LogP contribution in [0.15, 0.2) is 59.0 Å². The van der Waals surface area contributed by atoms with Gasteiger partial charge in [-0.2, -0.15) is 0 Å². The van der Waals surface area contributed by atoms with Crippen molar-refractivity contribution < 1.29 is 19.2 Å². The standard InChI is InChI=1S/C21H16ClN3O5S/c1-12-2-3-13(10-16(12)22)19-8-5-15(30-19)6-9-20(27)24-21(31)23-17-11-14(25(28)29)4-7-18(17)26/h2-11,26H,1H3,(H2,23,24,27,31)/b9-6+. The summed E-state index contributed by atoms with van der Waals surface area (Å²) < 4.78 is 5.70. The van der Waals surface area contributed by atoms with Gasteiger partial charge in [-0.25, -0.2) is 0 Å². The van der Waals surface area contributed by atoms with Gasteiger partial charge in [-0.15, -0.1) is 0 Å². The SMILES string of the molecule is Cc1ccc(-c2ccc(/C=C/C(=O)NC(=S)Nc3cc([N+](=O)[O-])ccc3O)o2)cc1Cl. The summed E-state index contributed by atoms with van der Waals surface area (Å²) in [6.07, 6.45) is 2.67. The van der Waals surface area contributed by atoms with E-state index in [2.05, 4.69) is 10.6 Å². The van der Waals surface area contributed by atoms with Crippen LogP contribution < -0.4 is 10.6 Å². The van der Waals surface area contributed by atoms with E-state index >= 15 is 0 Å². The fourth-order valence-corrected chi connectivity index (χ4v) is 2.94. The zero-order valence-corrected chi connectivity index (χ0v) is 17.7. The van der Waals surface area contributed by atoms with Gasteiger partial charge in [0.2, 0.25) is 5.91 Å². The number of aryl methyl sites for hydroxylation is 1. The number of benzene rings is 2. The van der Waals surface area contributed by atoms with Gasteiger partial charge < -0.3 is 14.8 Å². The molecule has 0 radical (unpaired) electrons. The molecule has 0 fully saturated rings. The van der Waals surface area contributed by atoms with Crippen LogP contribution in [0, 0.1) is 17.0 Å². The van der Waals surface area contributed by atoms with Gasteiger partial charge in [0.15, 0.2) is 5.11 Å². The topological polar surface area (TPSA) is 118 Å². The average molecular weight is 458 g/mol. The molecule has 0 saturated carbocycles. The lowest BCUT2D eigenvalue weighted by Gasteiger charge is -2.09. The van der Waals surface area contributed by atoms with Crippen molar-refractivity contribution in [1.82, 2.24) is 5.32 Å². The number of furan rings is 1. The molecule has 158 valence electrons. The number of phenolic OH excluding ortho intramolecular Hbond substituents is 1. The van der Waals surface area contributed by atoms with E-state index in [9.17, 15) is 20.0 Å². The van der Waals surface area contributed by atoms with Crippen molar-refractivity contribution in [1.29, 1.82) is 0 Å². The predicted octanol–water partition coefficient (Wildman–Crippen LogP) is 5.05. The molecule has 3 aromatic rings. The molecular formula is C21H16ClN3O5S. The van der Waals surface area contributed by atoms with Gasteiger partial charge in [-0.3, -0.25) is 20.2 Å². The number of carbonyl (C=O) groups excluding carboxylic acids is 1. The van der Waals surface area contributed by atoms with E-state index in [1.54, 1.807) is 18.2 Å². The van der Waals surface area contributed by atoms with E-state index in [-0.39, 0.29) is 22.2 Å². The second-order valence-corrected chi connectivity index (χ2v) is 7.22. The van der Waals surface area contributed by atoms with Crippen LogP contribution >= 0.6 is 23.8 Å². The second kappa shape index (κ2) is 9.41. The maximum atomic E-state index is 12.1. The summed E-state index contributed by atoms with van der Waals surface area (Å²) in [6, 6.07) is 12.4. The summed E-state index contributed by atoms with van der Waals surface area (Å²) >= 11 is 11.1. The van der Waals surface area contributed by atoms with E-state index in [1.807, 2.05) is 19.1 Å². The molecule has 0 atom stereocenters. The van der Waals surface area contributed by atoms with E-state index in [4.69, 9.17) is 28.2 Å². The Kier molecular flexibility index (Phi) is 6.68. The third-order valence-corrected chi connectivity index (χ3v) is 4.77. The minimum absolute atomic E-state index is 0.00378. The summed E-state index contributed by atoms with van der Waals surface area (Å²) in [5.74, 6) is 0.230. The molecule has 0 aliphatic rings. The molecule has 1 heterocycles. The van der Waals surface area contributed by atoms with Crippen molar-refractivity contribution in [2.75, 3.05) is 5.32 Å². The van der Waals surface area contributed by atoms with Gasteiger partial charge in [-0.05, 0) is 55.0 Å². The fraction of sp³-hybridized carbons (Fsp3) is 0.0476. The highest BCUT2D eigenvalue weighted by atomic mass is 35.5. The lowest BCUT2D eigenvalue weighted by molar-refractivity contribution is -0.384. The molecule has 0 aliphatic heterocycles. The largest absolute Gasteiger partial charge is 0.506 e. The quantitative estimate of drug-likeness (QED) is 0.161. The molecule has 0 aliphatic carbocycles.